The van der Waals surface area contributed by atoms with Gasteiger partial charge in [0.2, 0.25) is 0 Å². The molecule has 3 aromatic rings. The maximum absolute atomic E-state index is 14.7. The molecule has 16 heteroatoms. The molecule has 0 aromatic heterocycles. The van der Waals surface area contributed by atoms with Crippen molar-refractivity contribution in [3.63, 3.8) is 0 Å². The number of aromatic hydroxyl groups is 2. The lowest BCUT2D eigenvalue weighted by Crippen LogP contribution is -2.48. The average Bonchev–Trinajstić information content (AvgIpc) is 3.56. The SMILES string of the molecule is COC1/C=C/OC2(C)Oc3c(C)c(O)c4c(O)c(cc(OCC(=O)N5CCC(O)(Cc6ccccc6)CC5)c4c3C2=O)NC(=O)C(C)=C/C=C/C(C)C(O)C(C)C(O)C(C)C(OC(C)=O)C1C. The van der Waals surface area contributed by atoms with E-state index in [0.717, 1.165) is 5.56 Å². The third-order valence-electron chi connectivity index (χ3n) is 13.6. The van der Waals surface area contributed by atoms with Crippen molar-refractivity contribution in [2.45, 2.75) is 110 Å². The molecular weight excluding hydrogens is 865 g/mol. The standard InChI is InChI=1S/C51H64N2O14/c1-27-14-13-15-28(2)49(61)52-35-24-37(64-26-38(55)53-21-19-51(62,20-22-53)25-34-16-11-10-12-17-34)39-40(45(35)59)44(58)32(6)47-41(39)48(60)50(8,67-47)65-23-18-36(63-9)29(3)46(66-33(7)54)31(5)43(57)30(4)42(27)56/h10-18,23-24,27,29-31,36,42-43,46,56-59,62H,19-22,25-26H2,1-9H3,(H,52,61)/b14-13+,23-18+,28-15?. The van der Waals surface area contributed by atoms with Crippen molar-refractivity contribution in [3.8, 4) is 23.0 Å². The first-order chi connectivity index (χ1) is 31.6. The van der Waals surface area contributed by atoms with E-state index in [-0.39, 0.29) is 57.7 Å². The molecule has 6 N–H and O–H groups in total. The molecule has 0 aliphatic carbocycles. The summed E-state index contributed by atoms with van der Waals surface area (Å²) < 4.78 is 30.0. The molecule has 9 atom stereocenters. The number of phenolic OH excluding ortho intramolecular Hbond substituents is 2. The molecule has 2 amide bonds. The highest BCUT2D eigenvalue weighted by Crippen LogP contribution is 2.54. The fraction of sp³-hybridized carbons (Fsp3) is 0.490. The molecule has 4 aliphatic rings. The fourth-order valence-electron chi connectivity index (χ4n) is 9.30. The fourth-order valence-corrected chi connectivity index (χ4v) is 9.30. The number of carbonyl (C=O) groups is 4. The smallest absolute Gasteiger partial charge is 0.312 e. The van der Waals surface area contributed by atoms with Crippen LogP contribution in [-0.4, -0.2) is 117 Å². The zero-order valence-corrected chi connectivity index (χ0v) is 39.6. The monoisotopic (exact) mass is 928 g/mol. The summed E-state index contributed by atoms with van der Waals surface area (Å²) in [5.74, 6) is -8.34. The second kappa shape index (κ2) is 20.5. The molecule has 1 fully saturated rings. The lowest BCUT2D eigenvalue weighted by Gasteiger charge is -2.38. The van der Waals surface area contributed by atoms with Crippen molar-refractivity contribution in [2.75, 3.05) is 32.1 Å². The number of hydrogen-bond acceptors (Lipinski definition) is 14. The van der Waals surface area contributed by atoms with E-state index in [4.69, 9.17) is 23.7 Å². The van der Waals surface area contributed by atoms with Crippen molar-refractivity contribution in [1.29, 1.82) is 0 Å². The van der Waals surface area contributed by atoms with E-state index in [0.29, 0.717) is 19.3 Å². The minimum absolute atomic E-state index is 0.0571. The number of hydrogen-bond donors (Lipinski definition) is 6. The predicted octanol–water partition coefficient (Wildman–Crippen LogP) is 6.02. The van der Waals surface area contributed by atoms with Crippen molar-refractivity contribution < 1.29 is 68.4 Å². The number of piperidine rings is 1. The van der Waals surface area contributed by atoms with E-state index in [1.54, 1.807) is 44.7 Å². The van der Waals surface area contributed by atoms with Crippen LogP contribution in [0.2, 0.25) is 0 Å². The first kappa shape index (κ1) is 50.5. The van der Waals surface area contributed by atoms with E-state index in [1.165, 1.54) is 59.3 Å². The molecule has 0 radical (unpaired) electrons. The zero-order chi connectivity index (χ0) is 49.1. The van der Waals surface area contributed by atoms with Gasteiger partial charge in [0.05, 0.1) is 46.8 Å². The lowest BCUT2D eigenvalue weighted by atomic mass is 9.78. The van der Waals surface area contributed by atoms with Gasteiger partial charge in [-0.1, -0.05) is 76.3 Å². The zero-order valence-electron chi connectivity index (χ0n) is 39.6. The molecule has 0 spiro atoms. The number of methoxy groups -OCH3 is 1. The summed E-state index contributed by atoms with van der Waals surface area (Å²) in [7, 11) is 1.43. The largest absolute Gasteiger partial charge is 0.507 e. The van der Waals surface area contributed by atoms with Gasteiger partial charge in [0.1, 0.15) is 23.4 Å². The maximum Gasteiger partial charge on any atom is 0.312 e. The quantitative estimate of drug-likeness (QED) is 0.118. The summed E-state index contributed by atoms with van der Waals surface area (Å²) in [6.07, 6.45) is 4.59. The number of anilines is 1. The second-order valence-electron chi connectivity index (χ2n) is 18.5. The van der Waals surface area contributed by atoms with Crippen LogP contribution in [0.4, 0.5) is 5.69 Å². The summed E-state index contributed by atoms with van der Waals surface area (Å²) in [5, 5.41) is 60.2. The number of fused-ring (bicyclic) bond motifs is 14. The third-order valence-corrected chi connectivity index (χ3v) is 13.6. The number of nitrogens with zero attached hydrogens (tertiary/aromatic N) is 1. The normalized spacial score (nSPS) is 29.1. The van der Waals surface area contributed by atoms with Gasteiger partial charge in [-0.3, -0.25) is 19.2 Å². The van der Waals surface area contributed by atoms with Crippen molar-refractivity contribution in [2.24, 2.45) is 23.7 Å². The number of aliphatic hydroxyl groups is 3. The summed E-state index contributed by atoms with van der Waals surface area (Å²) in [5.41, 5.74) is -0.128. The molecule has 3 aromatic carbocycles. The Bertz CT molecular complexity index is 2440. The second-order valence-corrected chi connectivity index (χ2v) is 18.5. The molecule has 7 rings (SSSR count). The van der Waals surface area contributed by atoms with Crippen molar-refractivity contribution >= 4 is 40.0 Å². The summed E-state index contributed by atoms with van der Waals surface area (Å²) in [6, 6.07) is 10.9. The number of amides is 2. The first-order valence-corrected chi connectivity index (χ1v) is 22.6. The van der Waals surface area contributed by atoms with Crippen LogP contribution in [0.1, 0.15) is 82.8 Å². The van der Waals surface area contributed by atoms with Crippen LogP contribution < -0.4 is 14.8 Å². The van der Waals surface area contributed by atoms with Crippen LogP contribution in [0.15, 0.2) is 72.5 Å². The van der Waals surface area contributed by atoms with Crippen molar-refractivity contribution in [1.82, 2.24) is 4.90 Å². The average molecular weight is 929 g/mol. The minimum atomic E-state index is -2.06. The number of allylic oxidation sites excluding steroid dienone is 2. The highest BCUT2D eigenvalue weighted by Gasteiger charge is 2.50. The molecule has 0 saturated carbocycles. The molecule has 4 aliphatic heterocycles. The van der Waals surface area contributed by atoms with Gasteiger partial charge in [-0.15, -0.1) is 0 Å². The predicted molar refractivity (Wildman–Crippen MR) is 249 cm³/mol. The molecular formula is C51H64N2O14. The van der Waals surface area contributed by atoms with Crippen LogP contribution in [-0.2, 0) is 35.0 Å². The Labute approximate surface area is 390 Å². The van der Waals surface area contributed by atoms with E-state index < -0.39 is 101 Å². The molecule has 362 valence electrons. The van der Waals surface area contributed by atoms with Crippen LogP contribution in [0, 0.1) is 30.6 Å². The molecule has 5 bridgehead atoms. The van der Waals surface area contributed by atoms with Crippen LogP contribution in [0.3, 0.4) is 0 Å². The Morgan fingerprint density at radius 1 is 0.925 bits per heavy atom. The van der Waals surface area contributed by atoms with E-state index in [1.807, 2.05) is 30.3 Å². The van der Waals surface area contributed by atoms with E-state index >= 15 is 0 Å². The van der Waals surface area contributed by atoms with Gasteiger partial charge in [0.15, 0.2) is 12.4 Å². The number of likely N-dealkylation sites (tertiary alicyclic amines) is 1. The van der Waals surface area contributed by atoms with E-state index in [2.05, 4.69) is 5.32 Å². The Morgan fingerprint density at radius 3 is 2.24 bits per heavy atom. The number of benzene rings is 3. The summed E-state index contributed by atoms with van der Waals surface area (Å²) in [4.78, 5) is 56.1. The Balaban J connectivity index is 1.40. The van der Waals surface area contributed by atoms with Gasteiger partial charge in [0.25, 0.3) is 17.6 Å². The van der Waals surface area contributed by atoms with E-state index in [9.17, 15) is 44.7 Å². The molecule has 1 saturated heterocycles. The van der Waals surface area contributed by atoms with Gasteiger partial charge in [-0.2, -0.15) is 0 Å². The Hall–Kier alpha value is -5.94. The van der Waals surface area contributed by atoms with Gasteiger partial charge in [0, 0.05) is 86.7 Å². The number of carbonyl (C=O) groups excluding carboxylic acids is 4. The third kappa shape index (κ3) is 10.6. The Morgan fingerprint density at radius 2 is 1.60 bits per heavy atom. The number of ketones is 1. The van der Waals surface area contributed by atoms with Crippen LogP contribution >= 0.6 is 0 Å². The number of ether oxygens (including phenoxy) is 5. The van der Waals surface area contributed by atoms with Crippen molar-refractivity contribution in [3.05, 3.63) is 89.2 Å². The molecule has 4 heterocycles. The minimum Gasteiger partial charge on any atom is -0.507 e. The lowest BCUT2D eigenvalue weighted by molar-refractivity contribution is -0.160. The van der Waals surface area contributed by atoms with Gasteiger partial charge >= 0.3 is 11.8 Å². The van der Waals surface area contributed by atoms with Crippen LogP contribution in [0.5, 0.6) is 23.0 Å². The van der Waals surface area contributed by atoms with Gasteiger partial charge < -0.3 is 59.4 Å². The highest BCUT2D eigenvalue weighted by molar-refractivity contribution is 6.21. The number of nitrogens with one attached hydrogen (secondary N) is 1. The molecule has 67 heavy (non-hydrogen) atoms. The number of rotatable bonds is 7. The highest BCUT2D eigenvalue weighted by atomic mass is 16.7. The topological polar surface area (TPSA) is 231 Å². The molecule has 16 nitrogen and oxygen atoms in total. The number of esters is 1. The summed E-state index contributed by atoms with van der Waals surface area (Å²) >= 11 is 0. The maximum atomic E-state index is 14.7. The molecule has 9 unspecified atom stereocenters. The first-order valence-electron chi connectivity index (χ1n) is 22.6. The number of Topliss-reactive ketones (excluding diaryl/α,β-unsaturated/α-hetero) is 1. The van der Waals surface area contributed by atoms with Gasteiger partial charge in [-0.25, -0.2) is 0 Å². The summed E-state index contributed by atoms with van der Waals surface area (Å²) in [6.45, 7) is 12.5. The van der Waals surface area contributed by atoms with Crippen LogP contribution in [0.25, 0.3) is 10.8 Å². The number of aliphatic hydroxyl groups excluding tert-OH is 2. The number of phenols is 2. The van der Waals surface area contributed by atoms with Gasteiger partial charge in [-0.05, 0) is 38.3 Å². The Kier molecular flexibility index (Phi) is 15.5.